The van der Waals surface area contributed by atoms with E-state index in [1.165, 1.54) is 0 Å². The second kappa shape index (κ2) is 3.47. The Kier molecular flexibility index (Phi) is 2.45. The molecule has 0 aliphatic carbocycles. The quantitative estimate of drug-likeness (QED) is 0.831. The summed E-state index contributed by atoms with van der Waals surface area (Å²) >= 11 is 4.32. The standard InChI is InChI=1S/C9H6BrF2NS/c10-4-1-2-6-5(3-4)7(13)8(14-6)9(11)12/h1-3,9H,13H2. The van der Waals surface area contributed by atoms with Gasteiger partial charge < -0.3 is 5.73 Å². The summed E-state index contributed by atoms with van der Waals surface area (Å²) in [4.78, 5) is -0.0434. The van der Waals surface area contributed by atoms with E-state index < -0.39 is 6.43 Å². The number of anilines is 1. The molecule has 0 atom stereocenters. The Hall–Kier alpha value is -0.680. The lowest BCUT2D eigenvalue weighted by Crippen LogP contribution is -1.88. The van der Waals surface area contributed by atoms with E-state index in [9.17, 15) is 8.78 Å². The molecule has 2 aromatic rings. The van der Waals surface area contributed by atoms with Crippen LogP contribution in [0.25, 0.3) is 10.1 Å². The molecule has 1 aromatic heterocycles. The molecule has 1 aromatic carbocycles. The number of thiophene rings is 1. The molecule has 0 unspecified atom stereocenters. The summed E-state index contributed by atoms with van der Waals surface area (Å²) in [5.41, 5.74) is 5.81. The van der Waals surface area contributed by atoms with Crippen molar-refractivity contribution < 1.29 is 8.78 Å². The monoisotopic (exact) mass is 277 g/mol. The van der Waals surface area contributed by atoms with Gasteiger partial charge in [0.05, 0.1) is 10.6 Å². The Balaban J connectivity index is 2.74. The van der Waals surface area contributed by atoms with Crippen molar-refractivity contribution in [2.45, 2.75) is 6.43 Å². The highest BCUT2D eigenvalue weighted by molar-refractivity contribution is 9.10. The number of halogens is 3. The molecule has 14 heavy (non-hydrogen) atoms. The molecule has 0 saturated heterocycles. The van der Waals surface area contributed by atoms with Crippen LogP contribution in [0, 0.1) is 0 Å². The second-order valence-electron chi connectivity index (χ2n) is 2.82. The lowest BCUT2D eigenvalue weighted by Gasteiger charge is -1.95. The van der Waals surface area contributed by atoms with Gasteiger partial charge in [-0.15, -0.1) is 11.3 Å². The SMILES string of the molecule is Nc1c(C(F)F)sc2ccc(Br)cc12. The number of hydrogen-bond acceptors (Lipinski definition) is 2. The molecule has 0 aliphatic heterocycles. The third-order valence-electron chi connectivity index (χ3n) is 1.92. The molecule has 0 saturated carbocycles. The van der Waals surface area contributed by atoms with E-state index >= 15 is 0 Å². The first-order valence-corrected chi connectivity index (χ1v) is 5.46. The predicted octanol–water partition coefficient (Wildman–Crippen LogP) is 4.18. The maximum absolute atomic E-state index is 12.5. The Bertz CT molecular complexity index is 481. The van der Waals surface area contributed by atoms with Gasteiger partial charge >= 0.3 is 0 Å². The van der Waals surface area contributed by atoms with Crippen LogP contribution >= 0.6 is 27.3 Å². The van der Waals surface area contributed by atoms with E-state index in [1.807, 2.05) is 6.07 Å². The Morgan fingerprint density at radius 2 is 2.07 bits per heavy atom. The highest BCUT2D eigenvalue weighted by atomic mass is 79.9. The van der Waals surface area contributed by atoms with Crippen molar-refractivity contribution in [1.29, 1.82) is 0 Å². The number of rotatable bonds is 1. The first-order valence-electron chi connectivity index (χ1n) is 3.85. The van der Waals surface area contributed by atoms with Crippen molar-refractivity contribution in [3.05, 3.63) is 27.5 Å². The van der Waals surface area contributed by atoms with Crippen molar-refractivity contribution in [3.63, 3.8) is 0 Å². The Morgan fingerprint density at radius 1 is 1.36 bits per heavy atom. The maximum Gasteiger partial charge on any atom is 0.274 e. The van der Waals surface area contributed by atoms with Crippen LogP contribution in [0.3, 0.4) is 0 Å². The van der Waals surface area contributed by atoms with Gasteiger partial charge in [-0.1, -0.05) is 15.9 Å². The van der Waals surface area contributed by atoms with Gasteiger partial charge in [-0.3, -0.25) is 0 Å². The fourth-order valence-electron chi connectivity index (χ4n) is 1.27. The average molecular weight is 278 g/mol. The molecular weight excluding hydrogens is 272 g/mol. The molecule has 2 rings (SSSR count). The van der Waals surface area contributed by atoms with Crippen molar-refractivity contribution >= 4 is 43.0 Å². The van der Waals surface area contributed by atoms with E-state index in [0.717, 1.165) is 20.5 Å². The predicted molar refractivity (Wildman–Crippen MR) is 58.9 cm³/mol. The molecule has 0 radical (unpaired) electrons. The van der Waals surface area contributed by atoms with Crippen molar-refractivity contribution in [3.8, 4) is 0 Å². The summed E-state index contributed by atoms with van der Waals surface area (Å²) in [7, 11) is 0. The zero-order valence-corrected chi connectivity index (χ0v) is 9.33. The van der Waals surface area contributed by atoms with Crippen LogP contribution in [-0.2, 0) is 0 Å². The highest BCUT2D eigenvalue weighted by Crippen LogP contribution is 2.40. The largest absolute Gasteiger partial charge is 0.397 e. The van der Waals surface area contributed by atoms with Crippen LogP contribution in [0.1, 0.15) is 11.3 Å². The number of alkyl halides is 2. The third kappa shape index (κ3) is 1.50. The van der Waals surface area contributed by atoms with Crippen molar-refractivity contribution in [2.75, 3.05) is 5.73 Å². The number of hydrogen-bond donors (Lipinski definition) is 1. The molecule has 0 amide bonds. The van der Waals surface area contributed by atoms with Crippen molar-refractivity contribution in [2.24, 2.45) is 0 Å². The fraction of sp³-hybridized carbons (Fsp3) is 0.111. The molecule has 1 heterocycles. The zero-order valence-electron chi connectivity index (χ0n) is 6.93. The van der Waals surface area contributed by atoms with Gasteiger partial charge in [0, 0.05) is 14.6 Å². The Morgan fingerprint density at radius 3 is 2.71 bits per heavy atom. The molecule has 2 N–H and O–H groups in total. The summed E-state index contributed by atoms with van der Waals surface area (Å²) in [6.07, 6.45) is -2.49. The summed E-state index contributed by atoms with van der Waals surface area (Å²) in [5, 5.41) is 0.694. The summed E-state index contributed by atoms with van der Waals surface area (Å²) in [5.74, 6) is 0. The van der Waals surface area contributed by atoms with Crippen LogP contribution in [0.15, 0.2) is 22.7 Å². The number of benzene rings is 1. The molecule has 0 aliphatic rings. The van der Waals surface area contributed by atoms with Crippen LogP contribution in [0.4, 0.5) is 14.5 Å². The second-order valence-corrected chi connectivity index (χ2v) is 4.82. The van der Waals surface area contributed by atoms with E-state index in [1.54, 1.807) is 12.1 Å². The first kappa shape index (κ1) is 9.86. The fourth-order valence-corrected chi connectivity index (χ4v) is 2.59. The lowest BCUT2D eigenvalue weighted by atomic mass is 10.2. The first-order chi connectivity index (χ1) is 6.59. The third-order valence-corrected chi connectivity index (χ3v) is 3.60. The van der Waals surface area contributed by atoms with Gasteiger partial charge in [0.15, 0.2) is 0 Å². The molecule has 0 fully saturated rings. The van der Waals surface area contributed by atoms with E-state index in [4.69, 9.17) is 5.73 Å². The minimum absolute atomic E-state index is 0.0434. The highest BCUT2D eigenvalue weighted by Gasteiger charge is 2.17. The molecule has 0 bridgehead atoms. The summed E-state index contributed by atoms with van der Waals surface area (Å²) in [6, 6.07) is 5.35. The molecule has 0 spiro atoms. The van der Waals surface area contributed by atoms with Crippen LogP contribution in [-0.4, -0.2) is 0 Å². The Labute approximate surface area is 91.7 Å². The van der Waals surface area contributed by atoms with E-state index in [0.29, 0.717) is 5.39 Å². The lowest BCUT2D eigenvalue weighted by molar-refractivity contribution is 0.156. The van der Waals surface area contributed by atoms with Gasteiger partial charge in [-0.05, 0) is 18.2 Å². The van der Waals surface area contributed by atoms with Gasteiger partial charge in [0.25, 0.3) is 6.43 Å². The van der Waals surface area contributed by atoms with Crippen molar-refractivity contribution in [1.82, 2.24) is 0 Å². The molecule has 5 heteroatoms. The van der Waals surface area contributed by atoms with E-state index in [2.05, 4.69) is 15.9 Å². The van der Waals surface area contributed by atoms with E-state index in [-0.39, 0.29) is 10.6 Å². The van der Waals surface area contributed by atoms with Crippen LogP contribution in [0.2, 0.25) is 0 Å². The normalized spacial score (nSPS) is 11.4. The van der Waals surface area contributed by atoms with Gasteiger partial charge in [0.1, 0.15) is 0 Å². The molecular formula is C9H6BrF2NS. The van der Waals surface area contributed by atoms with Gasteiger partial charge in [-0.25, -0.2) is 8.78 Å². The van der Waals surface area contributed by atoms with Gasteiger partial charge in [0.2, 0.25) is 0 Å². The maximum atomic E-state index is 12.5. The summed E-state index contributed by atoms with van der Waals surface area (Å²) < 4.78 is 26.6. The molecule has 74 valence electrons. The van der Waals surface area contributed by atoms with Crippen LogP contribution < -0.4 is 5.73 Å². The van der Waals surface area contributed by atoms with Gasteiger partial charge in [-0.2, -0.15) is 0 Å². The molecule has 1 nitrogen and oxygen atoms in total. The topological polar surface area (TPSA) is 26.0 Å². The number of fused-ring (bicyclic) bond motifs is 1. The number of nitrogen functional groups attached to an aromatic ring is 1. The minimum Gasteiger partial charge on any atom is -0.397 e. The zero-order chi connectivity index (χ0) is 10.3. The smallest absolute Gasteiger partial charge is 0.274 e. The van der Waals surface area contributed by atoms with Crippen LogP contribution in [0.5, 0.6) is 0 Å². The number of nitrogens with two attached hydrogens (primary N) is 1. The average Bonchev–Trinajstić information content (AvgIpc) is 2.44. The summed E-state index contributed by atoms with van der Waals surface area (Å²) in [6.45, 7) is 0. The minimum atomic E-state index is -2.49.